The first-order valence-corrected chi connectivity index (χ1v) is 20.0. The van der Waals surface area contributed by atoms with E-state index in [1.807, 2.05) is 4.72 Å². The van der Waals surface area contributed by atoms with Crippen LogP contribution in [0.5, 0.6) is 0 Å². The number of hydrogen-bond donors (Lipinski definition) is 3. The van der Waals surface area contributed by atoms with E-state index in [1.54, 1.807) is 32.9 Å². The molecule has 2 amide bonds. The van der Waals surface area contributed by atoms with Crippen molar-refractivity contribution in [1.29, 1.82) is 0 Å². The molecule has 58 heavy (non-hydrogen) atoms. The summed E-state index contributed by atoms with van der Waals surface area (Å²) in [5.74, 6) is -4.97. The van der Waals surface area contributed by atoms with Crippen molar-refractivity contribution in [3.05, 3.63) is 128 Å². The van der Waals surface area contributed by atoms with Gasteiger partial charge in [0.05, 0.1) is 38.9 Å². The number of hydrogen-bond acceptors (Lipinski definition) is 9. The molecule has 17 heteroatoms. The Labute approximate surface area is 332 Å². The molecule has 0 aliphatic heterocycles. The van der Waals surface area contributed by atoms with E-state index < -0.39 is 79.6 Å². The Bertz CT molecular complexity index is 2620. The fourth-order valence-electron chi connectivity index (χ4n) is 6.60. The summed E-state index contributed by atoms with van der Waals surface area (Å²) in [6.45, 7) is 5.35. The van der Waals surface area contributed by atoms with Crippen molar-refractivity contribution >= 4 is 44.4 Å². The second-order valence-corrected chi connectivity index (χ2v) is 16.8. The zero-order valence-electron chi connectivity index (χ0n) is 32.2. The highest BCUT2D eigenvalue weighted by atomic mass is 32.2. The van der Waals surface area contributed by atoms with Crippen LogP contribution in [0.4, 0.5) is 14.5 Å². The van der Waals surface area contributed by atoms with Crippen LogP contribution in [0, 0.1) is 11.6 Å². The fraction of sp³-hybridized carbons (Fsp3) is 0.317. The van der Waals surface area contributed by atoms with E-state index in [9.17, 15) is 32.4 Å². The van der Waals surface area contributed by atoms with Crippen LogP contribution in [0.15, 0.2) is 93.6 Å². The van der Waals surface area contributed by atoms with Gasteiger partial charge in [-0.15, -0.1) is 0 Å². The van der Waals surface area contributed by atoms with Crippen molar-refractivity contribution < 1.29 is 36.3 Å². The third-order valence-electron chi connectivity index (χ3n) is 9.59. The van der Waals surface area contributed by atoms with E-state index >= 15 is 8.78 Å². The number of sulfonamides is 1. The number of halogens is 2. The van der Waals surface area contributed by atoms with Gasteiger partial charge in [-0.2, -0.15) is 0 Å². The monoisotopic (exact) mass is 816 g/mol. The Morgan fingerprint density at radius 3 is 2.24 bits per heavy atom. The molecule has 3 aromatic carbocycles. The first-order valence-electron chi connectivity index (χ1n) is 18.5. The number of ether oxygens (including phenoxy) is 1. The van der Waals surface area contributed by atoms with E-state index in [2.05, 4.69) is 15.6 Å². The number of rotatable bonds is 11. The number of fused-ring (bicyclic) bond motifs is 1. The highest BCUT2D eigenvalue weighted by molar-refractivity contribution is 7.92. The zero-order chi connectivity index (χ0) is 41.9. The molecule has 2 aromatic heterocycles. The predicted octanol–water partition coefficient (Wildman–Crippen LogP) is 4.91. The number of nitrogens with zero attached hydrogens (tertiary/aromatic N) is 3. The summed E-state index contributed by atoms with van der Waals surface area (Å²) in [6, 6.07) is 12.1. The SMILES string of the molecule is Cn1c(=O)n(-c2ccc(C[C@H](NC(=O)c3cc(F)c(NS(=O)(=O)c4ccc(C(=O)NC(C)(C)C)cc4)cc3F)C(=O)OC3CCCCC3)cc2)c(=O)c2ccncc21. The molecule has 6 rings (SSSR count). The highest BCUT2D eigenvalue weighted by Crippen LogP contribution is 2.25. The van der Waals surface area contributed by atoms with E-state index in [4.69, 9.17) is 4.74 Å². The number of nitrogens with one attached hydrogen (secondary N) is 3. The van der Waals surface area contributed by atoms with Gasteiger partial charge < -0.3 is 15.4 Å². The second kappa shape index (κ2) is 16.7. The molecule has 0 radical (unpaired) electrons. The molecule has 1 atom stereocenters. The molecule has 304 valence electrons. The van der Waals surface area contributed by atoms with Gasteiger partial charge in [-0.1, -0.05) is 18.6 Å². The number of aromatic nitrogens is 3. The van der Waals surface area contributed by atoms with Gasteiger partial charge in [0.1, 0.15) is 23.8 Å². The first-order chi connectivity index (χ1) is 27.4. The van der Waals surface area contributed by atoms with E-state index in [1.165, 1.54) is 54.3 Å². The normalized spacial score (nSPS) is 14.1. The molecule has 0 spiro atoms. The van der Waals surface area contributed by atoms with Gasteiger partial charge in [0.2, 0.25) is 0 Å². The summed E-state index contributed by atoms with van der Waals surface area (Å²) in [4.78, 5) is 69.6. The van der Waals surface area contributed by atoms with Gasteiger partial charge in [0.25, 0.3) is 27.4 Å². The Kier molecular flexibility index (Phi) is 11.9. The minimum atomic E-state index is -4.47. The molecule has 1 saturated carbocycles. The minimum Gasteiger partial charge on any atom is -0.461 e. The molecule has 0 unspecified atom stereocenters. The Balaban J connectivity index is 1.21. The molecule has 2 heterocycles. The number of esters is 1. The number of aryl methyl sites for hydroxylation is 1. The minimum absolute atomic E-state index is 0.160. The van der Waals surface area contributed by atoms with Crippen molar-refractivity contribution in [1.82, 2.24) is 24.8 Å². The summed E-state index contributed by atoms with van der Waals surface area (Å²) >= 11 is 0. The second-order valence-electron chi connectivity index (χ2n) is 15.1. The summed E-state index contributed by atoms with van der Waals surface area (Å²) in [5, 5.41) is 5.47. The van der Waals surface area contributed by atoms with E-state index in [-0.39, 0.29) is 28.0 Å². The van der Waals surface area contributed by atoms with Gasteiger partial charge in [0.15, 0.2) is 0 Å². The van der Waals surface area contributed by atoms with Gasteiger partial charge in [-0.25, -0.2) is 31.4 Å². The van der Waals surface area contributed by atoms with Crippen LogP contribution in [0.2, 0.25) is 0 Å². The standard InChI is InChI=1S/C41H42F2N6O8S/c1-41(2,3)46-36(50)25-12-16-28(17-13-25)58(55,56)47-33-22-31(42)30(21-32(33)43)37(51)45-34(39(53)57-27-8-6-5-7-9-27)20-24-10-14-26(15-11-24)49-38(52)29-18-19-44-23-35(29)48(4)40(49)54/h10-19,21-23,27,34,47H,5-9,20H2,1-4H3,(H,45,51)(H,46,50)/t34-/m0/s1. The lowest BCUT2D eigenvalue weighted by atomic mass is 9.97. The molecule has 1 aliphatic carbocycles. The average Bonchev–Trinajstić information content (AvgIpc) is 3.18. The summed E-state index contributed by atoms with van der Waals surface area (Å²) in [5.41, 5.74) is -2.03. The van der Waals surface area contributed by atoms with Crippen molar-refractivity contribution in [2.75, 3.05) is 4.72 Å². The molecule has 0 bridgehead atoms. The maximum Gasteiger partial charge on any atom is 0.335 e. The maximum absolute atomic E-state index is 15.5. The Hall–Kier alpha value is -6.23. The maximum atomic E-state index is 15.5. The molecule has 14 nitrogen and oxygen atoms in total. The average molecular weight is 817 g/mol. The van der Waals surface area contributed by atoms with E-state index in [0.717, 1.165) is 36.0 Å². The van der Waals surface area contributed by atoms with Crippen molar-refractivity contribution in [3.8, 4) is 5.69 Å². The summed E-state index contributed by atoms with van der Waals surface area (Å²) in [6.07, 6.45) is 6.24. The largest absolute Gasteiger partial charge is 0.461 e. The quantitative estimate of drug-likeness (QED) is 0.156. The molecular weight excluding hydrogens is 775 g/mol. The first kappa shape index (κ1) is 41.4. The van der Waals surface area contributed by atoms with Crippen LogP contribution in [-0.2, 0) is 33.0 Å². The van der Waals surface area contributed by atoms with Gasteiger partial charge >= 0.3 is 11.7 Å². The number of pyridine rings is 1. The van der Waals surface area contributed by atoms with Crippen molar-refractivity contribution in [3.63, 3.8) is 0 Å². The molecule has 3 N–H and O–H groups in total. The lowest BCUT2D eigenvalue weighted by molar-refractivity contribution is -0.152. The van der Waals surface area contributed by atoms with Crippen LogP contribution in [0.3, 0.4) is 0 Å². The number of amides is 2. The molecule has 1 aliphatic rings. The third kappa shape index (κ3) is 9.31. The van der Waals surface area contributed by atoms with Crippen LogP contribution >= 0.6 is 0 Å². The lowest BCUT2D eigenvalue weighted by Gasteiger charge is -2.25. The number of benzene rings is 3. The summed E-state index contributed by atoms with van der Waals surface area (Å²) < 4.78 is 67.1. The topological polar surface area (TPSA) is 188 Å². The number of anilines is 1. The Morgan fingerprint density at radius 2 is 1.59 bits per heavy atom. The highest BCUT2D eigenvalue weighted by Gasteiger charge is 2.29. The number of carbonyl (C=O) groups excluding carboxylic acids is 3. The Morgan fingerprint density at radius 1 is 0.914 bits per heavy atom. The van der Waals surface area contributed by atoms with Gasteiger partial charge in [-0.3, -0.25) is 28.7 Å². The fourth-order valence-corrected chi connectivity index (χ4v) is 7.66. The van der Waals surface area contributed by atoms with Crippen LogP contribution in [0.1, 0.15) is 79.2 Å². The predicted molar refractivity (Wildman–Crippen MR) is 211 cm³/mol. The van der Waals surface area contributed by atoms with Crippen molar-refractivity contribution in [2.45, 2.75) is 81.9 Å². The van der Waals surface area contributed by atoms with Gasteiger partial charge in [-0.05, 0) is 101 Å². The zero-order valence-corrected chi connectivity index (χ0v) is 33.0. The van der Waals surface area contributed by atoms with Crippen molar-refractivity contribution in [2.24, 2.45) is 7.05 Å². The van der Waals surface area contributed by atoms with Crippen LogP contribution in [0.25, 0.3) is 16.6 Å². The van der Waals surface area contributed by atoms with Gasteiger partial charge in [0, 0.05) is 36.8 Å². The molecule has 0 saturated heterocycles. The lowest BCUT2D eigenvalue weighted by Crippen LogP contribution is -2.45. The third-order valence-corrected chi connectivity index (χ3v) is 11.0. The summed E-state index contributed by atoms with van der Waals surface area (Å²) in [7, 11) is -2.96. The smallest absolute Gasteiger partial charge is 0.335 e. The van der Waals surface area contributed by atoms with E-state index in [0.29, 0.717) is 36.1 Å². The molecular formula is C41H42F2N6O8S. The van der Waals surface area contributed by atoms with Crippen LogP contribution < -0.4 is 26.6 Å². The number of carbonyl (C=O) groups is 3. The molecule has 5 aromatic rings. The molecule has 1 fully saturated rings. The van der Waals surface area contributed by atoms with Crippen LogP contribution in [-0.4, -0.2) is 58.0 Å².